The second-order valence-corrected chi connectivity index (χ2v) is 7.10. The van der Waals surface area contributed by atoms with Crippen LogP contribution in [0.5, 0.6) is 0 Å². The molecule has 0 saturated heterocycles. The molecule has 1 aliphatic rings. The van der Waals surface area contributed by atoms with Crippen LogP contribution in [-0.2, 0) is 4.79 Å². The first-order valence-electron chi connectivity index (χ1n) is 8.14. The van der Waals surface area contributed by atoms with Gasteiger partial charge < -0.3 is 10.1 Å². The lowest BCUT2D eigenvalue weighted by Gasteiger charge is -2.30. The number of ketones is 1. The summed E-state index contributed by atoms with van der Waals surface area (Å²) >= 11 is 1.60. The first-order chi connectivity index (χ1) is 12.6. The smallest absolute Gasteiger partial charge is 0.358 e. The Hall–Kier alpha value is -3.06. The number of nitro groups is 1. The molecule has 130 valence electrons. The Kier molecular flexibility index (Phi) is 4.22. The third kappa shape index (κ3) is 2.97. The molecule has 2 atom stereocenters. The molecule has 3 aromatic rings. The lowest BCUT2D eigenvalue weighted by molar-refractivity contribution is -0.389. The third-order valence-electron chi connectivity index (χ3n) is 4.59. The van der Waals surface area contributed by atoms with Crippen molar-refractivity contribution in [1.29, 1.82) is 0 Å². The summed E-state index contributed by atoms with van der Waals surface area (Å²) in [5, 5.41) is 13.0. The van der Waals surface area contributed by atoms with Crippen LogP contribution in [0.1, 0.15) is 28.8 Å². The van der Waals surface area contributed by atoms with Gasteiger partial charge in [0, 0.05) is 10.8 Å². The van der Waals surface area contributed by atoms with Crippen molar-refractivity contribution < 1.29 is 9.72 Å². The number of carbonyl (C=O) groups excluding carboxylic acids is 1. The van der Waals surface area contributed by atoms with Crippen molar-refractivity contribution in [1.82, 2.24) is 9.55 Å². The van der Waals surface area contributed by atoms with E-state index in [9.17, 15) is 14.9 Å². The Bertz CT molecular complexity index is 977. The van der Waals surface area contributed by atoms with Crippen LogP contribution in [0.2, 0.25) is 0 Å². The van der Waals surface area contributed by atoms with Gasteiger partial charge in [0.25, 0.3) is 0 Å². The van der Waals surface area contributed by atoms with Crippen molar-refractivity contribution in [3.8, 4) is 0 Å². The predicted octanol–water partition coefficient (Wildman–Crippen LogP) is 4.23. The first kappa shape index (κ1) is 16.4. The summed E-state index contributed by atoms with van der Waals surface area (Å²) in [5.41, 5.74) is 2.04. The fraction of sp³-hybridized carbons (Fsp3) is 0.158. The van der Waals surface area contributed by atoms with Gasteiger partial charge in [-0.2, -0.15) is 0 Å². The topological polar surface area (TPSA) is 78.0 Å². The van der Waals surface area contributed by atoms with Gasteiger partial charge in [0.1, 0.15) is 12.2 Å². The van der Waals surface area contributed by atoms with Crippen molar-refractivity contribution in [2.24, 2.45) is 0 Å². The van der Waals surface area contributed by atoms with Crippen LogP contribution in [0.25, 0.3) is 5.57 Å². The van der Waals surface area contributed by atoms with E-state index in [2.05, 4.69) is 4.98 Å². The summed E-state index contributed by atoms with van der Waals surface area (Å²) in [6.45, 7) is 0. The number of aromatic nitrogens is 2. The molecule has 2 heterocycles. The van der Waals surface area contributed by atoms with Crippen LogP contribution in [0.4, 0.5) is 5.82 Å². The number of carbonyl (C=O) groups is 1. The zero-order valence-corrected chi connectivity index (χ0v) is 14.5. The molecular weight excluding hydrogens is 350 g/mol. The molecule has 1 aromatic carbocycles. The molecule has 4 rings (SSSR count). The summed E-state index contributed by atoms with van der Waals surface area (Å²) in [6, 6.07) is 13.2. The number of hydrogen-bond acceptors (Lipinski definition) is 5. The number of thiophene rings is 1. The maximum atomic E-state index is 13.0. The van der Waals surface area contributed by atoms with Gasteiger partial charge in [0.05, 0.1) is 0 Å². The molecule has 0 amide bonds. The first-order valence-corrected chi connectivity index (χ1v) is 9.02. The van der Waals surface area contributed by atoms with Crippen LogP contribution in [0, 0.1) is 10.1 Å². The molecular formula is C19H15N3O3S. The summed E-state index contributed by atoms with van der Waals surface area (Å²) in [7, 11) is 0. The van der Waals surface area contributed by atoms with Gasteiger partial charge in [-0.1, -0.05) is 36.4 Å². The largest absolute Gasteiger partial charge is 0.381 e. The molecule has 0 N–H and O–H groups in total. The normalized spacial score (nSPS) is 20.0. The monoisotopic (exact) mass is 365 g/mol. The Balaban J connectivity index is 1.78. The van der Waals surface area contributed by atoms with Gasteiger partial charge >= 0.3 is 5.82 Å². The van der Waals surface area contributed by atoms with Gasteiger partial charge in [-0.3, -0.25) is 9.36 Å². The molecule has 2 unspecified atom stereocenters. The maximum Gasteiger partial charge on any atom is 0.381 e. The fourth-order valence-electron chi connectivity index (χ4n) is 3.42. The molecule has 7 heteroatoms. The van der Waals surface area contributed by atoms with Gasteiger partial charge in [0.15, 0.2) is 5.78 Å². The van der Waals surface area contributed by atoms with Crippen LogP contribution in [0.3, 0.4) is 0 Å². The van der Waals surface area contributed by atoms with E-state index in [0.29, 0.717) is 6.42 Å². The van der Waals surface area contributed by atoms with Gasteiger partial charge in [-0.25, -0.2) is 0 Å². The highest BCUT2D eigenvalue weighted by Gasteiger charge is 2.36. The van der Waals surface area contributed by atoms with Crippen LogP contribution in [0.15, 0.2) is 66.4 Å². The van der Waals surface area contributed by atoms with E-state index in [0.717, 1.165) is 16.0 Å². The number of imidazole rings is 1. The molecule has 6 nitrogen and oxygen atoms in total. The average Bonchev–Trinajstić information content (AvgIpc) is 3.34. The van der Waals surface area contributed by atoms with Gasteiger partial charge in [-0.15, -0.1) is 11.3 Å². The zero-order valence-electron chi connectivity index (χ0n) is 13.7. The second kappa shape index (κ2) is 6.68. The summed E-state index contributed by atoms with van der Waals surface area (Å²) in [5.74, 6) is -0.432. The standard InChI is InChI=1S/C19H15N3O3S/c23-16-10-14(17-7-4-8-26-17)9-15(13-5-2-1-3-6-13)19(16)21-11-18(20-12-21)22(24)25/h1-8,10-12,15,19H,9H2. The molecule has 2 aromatic heterocycles. The minimum atomic E-state index is -0.547. The number of benzene rings is 1. The summed E-state index contributed by atoms with van der Waals surface area (Å²) in [4.78, 5) is 28.3. The molecule has 1 aliphatic carbocycles. The minimum absolute atomic E-state index is 0.0687. The van der Waals surface area contributed by atoms with E-state index in [4.69, 9.17) is 0 Å². The Labute approximate surface area is 153 Å². The van der Waals surface area contributed by atoms with Crippen molar-refractivity contribution in [3.63, 3.8) is 0 Å². The number of allylic oxidation sites excluding steroid dienone is 2. The van der Waals surface area contributed by atoms with E-state index in [1.54, 1.807) is 22.0 Å². The molecule has 0 bridgehead atoms. The quantitative estimate of drug-likeness (QED) is 0.512. The molecule has 0 fully saturated rings. The summed E-state index contributed by atoms with van der Waals surface area (Å²) < 4.78 is 1.57. The lowest BCUT2D eigenvalue weighted by Crippen LogP contribution is -2.28. The lowest BCUT2D eigenvalue weighted by atomic mass is 9.79. The van der Waals surface area contributed by atoms with Crippen molar-refractivity contribution in [3.05, 3.63) is 87.0 Å². The van der Waals surface area contributed by atoms with Crippen molar-refractivity contribution in [2.75, 3.05) is 0 Å². The number of hydrogen-bond donors (Lipinski definition) is 0. The van der Waals surface area contributed by atoms with E-state index in [1.807, 2.05) is 47.8 Å². The molecule has 0 spiro atoms. The van der Waals surface area contributed by atoms with Crippen molar-refractivity contribution >= 4 is 28.5 Å². The Morgan fingerprint density at radius 2 is 2.00 bits per heavy atom. The Morgan fingerprint density at radius 1 is 1.19 bits per heavy atom. The number of nitrogens with zero attached hydrogens (tertiary/aromatic N) is 3. The fourth-order valence-corrected chi connectivity index (χ4v) is 4.18. The highest BCUT2D eigenvalue weighted by Crippen LogP contribution is 2.43. The second-order valence-electron chi connectivity index (χ2n) is 6.15. The minimum Gasteiger partial charge on any atom is -0.358 e. The van der Waals surface area contributed by atoms with Crippen molar-refractivity contribution in [2.45, 2.75) is 18.4 Å². The third-order valence-corrected chi connectivity index (χ3v) is 5.54. The highest BCUT2D eigenvalue weighted by atomic mass is 32.1. The van der Waals surface area contributed by atoms with E-state index in [-0.39, 0.29) is 17.5 Å². The van der Waals surface area contributed by atoms with E-state index >= 15 is 0 Å². The highest BCUT2D eigenvalue weighted by molar-refractivity contribution is 7.11. The molecule has 0 saturated carbocycles. The van der Waals surface area contributed by atoms with Crippen LogP contribution < -0.4 is 0 Å². The van der Waals surface area contributed by atoms with E-state index in [1.165, 1.54) is 12.5 Å². The molecule has 26 heavy (non-hydrogen) atoms. The predicted molar refractivity (Wildman–Crippen MR) is 99.0 cm³/mol. The number of rotatable bonds is 4. The van der Waals surface area contributed by atoms with Crippen LogP contribution in [-0.4, -0.2) is 20.3 Å². The molecule has 0 aliphatic heterocycles. The average molecular weight is 365 g/mol. The maximum absolute atomic E-state index is 13.0. The Morgan fingerprint density at radius 3 is 2.65 bits per heavy atom. The zero-order chi connectivity index (χ0) is 18.1. The SMILES string of the molecule is O=C1C=C(c2cccs2)CC(c2ccccc2)C1n1cnc([N+](=O)[O-])c1. The van der Waals surface area contributed by atoms with Gasteiger partial charge in [-0.05, 0) is 45.0 Å². The molecule has 0 radical (unpaired) electrons. The summed E-state index contributed by atoms with van der Waals surface area (Å²) in [6.07, 6.45) is 5.07. The van der Waals surface area contributed by atoms with E-state index < -0.39 is 11.0 Å². The van der Waals surface area contributed by atoms with Gasteiger partial charge in [0.2, 0.25) is 6.33 Å². The van der Waals surface area contributed by atoms with Crippen LogP contribution >= 0.6 is 11.3 Å².